The predicted molar refractivity (Wildman–Crippen MR) is 74.7 cm³/mol. The summed E-state index contributed by atoms with van der Waals surface area (Å²) in [6, 6.07) is 1.66. The number of carbonyl (C=O) groups is 1. The number of carbonyl (C=O) groups excluding carboxylic acids is 1. The summed E-state index contributed by atoms with van der Waals surface area (Å²) in [6.45, 7) is 1.35. The zero-order valence-corrected chi connectivity index (χ0v) is 12.5. The van der Waals surface area contributed by atoms with Gasteiger partial charge in [-0.3, -0.25) is 20.3 Å². The number of hydrogen-bond donors (Lipinski definition) is 2. The summed E-state index contributed by atoms with van der Waals surface area (Å²) in [7, 11) is -3.84. The largest absolute Gasteiger partial charge is 0.290 e. The van der Waals surface area contributed by atoms with Gasteiger partial charge in [-0.15, -0.1) is 12.4 Å². The number of benzene rings is 1. The van der Waals surface area contributed by atoms with Crippen molar-refractivity contribution >= 4 is 45.4 Å². The van der Waals surface area contributed by atoms with E-state index >= 15 is 0 Å². The molecular weight excluding hydrogens is 333 g/mol. The molecule has 1 aromatic carbocycles. The highest BCUT2D eigenvalue weighted by atomic mass is 35.5. The zero-order valence-electron chi connectivity index (χ0n) is 10.1. The fourth-order valence-electron chi connectivity index (χ4n) is 1.35. The molecule has 1 aromatic rings. The fourth-order valence-corrected chi connectivity index (χ4v) is 2.67. The van der Waals surface area contributed by atoms with E-state index in [1.807, 2.05) is 0 Å². The number of hydrogen-bond acceptors (Lipinski definition) is 6. The first kappa shape index (κ1) is 18.6. The second kappa shape index (κ2) is 6.84. The van der Waals surface area contributed by atoms with Gasteiger partial charge in [-0.05, 0) is 6.07 Å². The third kappa shape index (κ3) is 3.57. The van der Waals surface area contributed by atoms with Crippen molar-refractivity contribution in [2.24, 2.45) is 5.84 Å². The van der Waals surface area contributed by atoms with Crippen molar-refractivity contribution in [2.45, 2.75) is 11.8 Å². The van der Waals surface area contributed by atoms with Gasteiger partial charge in [0.15, 0.2) is 9.84 Å². The van der Waals surface area contributed by atoms with Gasteiger partial charge < -0.3 is 0 Å². The van der Waals surface area contributed by atoms with E-state index in [0.29, 0.717) is 0 Å². The van der Waals surface area contributed by atoms with Crippen LogP contribution in [-0.4, -0.2) is 25.0 Å². The molecule has 0 saturated carbocycles. The molecule has 0 aromatic heterocycles. The summed E-state index contributed by atoms with van der Waals surface area (Å²) in [5, 5.41) is 10.4. The fraction of sp³-hybridized carbons (Fsp3) is 0.222. The van der Waals surface area contributed by atoms with E-state index in [-0.39, 0.29) is 28.7 Å². The molecule has 1 amide bonds. The maximum Gasteiger partial charge on any atom is 0.289 e. The van der Waals surface area contributed by atoms with Crippen molar-refractivity contribution in [3.8, 4) is 0 Å². The van der Waals surface area contributed by atoms with Crippen molar-refractivity contribution in [2.75, 3.05) is 5.75 Å². The lowest BCUT2D eigenvalue weighted by Crippen LogP contribution is -2.31. The summed E-state index contributed by atoms with van der Waals surface area (Å²) >= 11 is 5.63. The third-order valence-electron chi connectivity index (χ3n) is 2.34. The summed E-state index contributed by atoms with van der Waals surface area (Å²) in [5.41, 5.74) is 0.833. The number of nitrogens with one attached hydrogen (secondary N) is 1. The molecule has 0 aliphatic heterocycles. The molecule has 0 unspecified atom stereocenters. The number of hydrazine groups is 1. The Balaban J connectivity index is 0.00000361. The Morgan fingerprint density at radius 1 is 1.50 bits per heavy atom. The Kier molecular flexibility index (Phi) is 6.35. The number of nitrogens with two attached hydrogens (primary N) is 1. The number of nitrogens with zero attached hydrogens (tertiary/aromatic N) is 1. The van der Waals surface area contributed by atoms with Crippen LogP contribution in [0, 0.1) is 10.1 Å². The van der Waals surface area contributed by atoms with Gasteiger partial charge in [-0.2, -0.15) is 0 Å². The van der Waals surface area contributed by atoms with Gasteiger partial charge >= 0.3 is 0 Å². The molecule has 0 fully saturated rings. The molecule has 0 radical (unpaired) electrons. The SMILES string of the molecule is CCS(=O)(=O)c1cc([N+](=O)[O-])c(Cl)cc1C(=O)NN.Cl. The first-order valence-corrected chi connectivity index (χ1v) is 6.99. The lowest BCUT2D eigenvalue weighted by molar-refractivity contribution is -0.384. The smallest absolute Gasteiger partial charge is 0.289 e. The molecule has 112 valence electrons. The van der Waals surface area contributed by atoms with Crippen LogP contribution in [-0.2, 0) is 9.84 Å². The molecule has 0 aliphatic rings. The van der Waals surface area contributed by atoms with Crippen LogP contribution < -0.4 is 11.3 Å². The third-order valence-corrected chi connectivity index (χ3v) is 4.41. The second-order valence-corrected chi connectivity index (χ2v) is 6.09. The summed E-state index contributed by atoms with van der Waals surface area (Å²) in [4.78, 5) is 20.9. The first-order chi connectivity index (χ1) is 8.74. The number of nitro groups is 1. The second-order valence-electron chi connectivity index (χ2n) is 3.43. The highest BCUT2D eigenvalue weighted by molar-refractivity contribution is 7.91. The van der Waals surface area contributed by atoms with Crippen LogP contribution in [0.25, 0.3) is 0 Å². The molecule has 0 aliphatic carbocycles. The lowest BCUT2D eigenvalue weighted by atomic mass is 10.2. The predicted octanol–water partition coefficient (Wildman–Crippen LogP) is 1.07. The zero-order chi connectivity index (χ0) is 14.8. The number of amides is 1. The van der Waals surface area contributed by atoms with E-state index < -0.39 is 31.3 Å². The molecular formula is C9H11Cl2N3O5S. The lowest BCUT2D eigenvalue weighted by Gasteiger charge is -2.09. The highest BCUT2D eigenvalue weighted by Gasteiger charge is 2.26. The molecule has 20 heavy (non-hydrogen) atoms. The van der Waals surface area contributed by atoms with E-state index in [4.69, 9.17) is 17.4 Å². The van der Waals surface area contributed by atoms with Crippen molar-refractivity contribution in [1.29, 1.82) is 0 Å². The van der Waals surface area contributed by atoms with Crippen molar-refractivity contribution in [1.82, 2.24) is 5.43 Å². The average molecular weight is 344 g/mol. The molecule has 0 bridgehead atoms. The molecule has 8 nitrogen and oxygen atoms in total. The average Bonchev–Trinajstić information content (AvgIpc) is 2.36. The number of nitrogen functional groups attached to an aromatic ring is 1. The molecule has 11 heteroatoms. The van der Waals surface area contributed by atoms with Crippen LogP contribution in [0.1, 0.15) is 17.3 Å². The number of sulfone groups is 1. The quantitative estimate of drug-likeness (QED) is 0.363. The standard InChI is InChI=1S/C9H10ClN3O5S.ClH/c1-2-19(17,18)8-4-7(13(15)16)6(10)3-5(8)9(14)12-11;/h3-4H,2,11H2,1H3,(H,12,14);1H. The summed E-state index contributed by atoms with van der Waals surface area (Å²) in [5.74, 6) is 3.71. The number of halogens is 2. The van der Waals surface area contributed by atoms with Gasteiger partial charge in [0, 0.05) is 6.07 Å². The normalized spacial score (nSPS) is 10.6. The van der Waals surface area contributed by atoms with Gasteiger partial charge in [0.1, 0.15) is 5.02 Å². The molecule has 3 N–H and O–H groups in total. The highest BCUT2D eigenvalue weighted by Crippen LogP contribution is 2.31. The van der Waals surface area contributed by atoms with Crippen molar-refractivity contribution in [3.05, 3.63) is 32.8 Å². The number of nitro benzene ring substituents is 1. The monoisotopic (exact) mass is 343 g/mol. The maximum atomic E-state index is 11.8. The van der Waals surface area contributed by atoms with Crippen molar-refractivity contribution < 1.29 is 18.1 Å². The minimum absolute atomic E-state index is 0. The van der Waals surface area contributed by atoms with E-state index in [1.165, 1.54) is 6.92 Å². The van der Waals surface area contributed by atoms with Crippen LogP contribution in [0.5, 0.6) is 0 Å². The molecule has 1 rings (SSSR count). The summed E-state index contributed by atoms with van der Waals surface area (Å²) in [6.07, 6.45) is 0. The van der Waals surface area contributed by atoms with Crippen LogP contribution >= 0.6 is 24.0 Å². The van der Waals surface area contributed by atoms with Gasteiger partial charge in [0.2, 0.25) is 0 Å². The van der Waals surface area contributed by atoms with Gasteiger partial charge in [0.05, 0.1) is 21.1 Å². The maximum absolute atomic E-state index is 11.8. The van der Waals surface area contributed by atoms with E-state index in [1.54, 1.807) is 5.43 Å². The van der Waals surface area contributed by atoms with Crippen LogP contribution in [0.2, 0.25) is 5.02 Å². The Morgan fingerprint density at radius 3 is 2.45 bits per heavy atom. The van der Waals surface area contributed by atoms with Crippen LogP contribution in [0.4, 0.5) is 5.69 Å². The van der Waals surface area contributed by atoms with Gasteiger partial charge in [0.25, 0.3) is 11.6 Å². The van der Waals surface area contributed by atoms with Gasteiger partial charge in [-0.25, -0.2) is 14.3 Å². The first-order valence-electron chi connectivity index (χ1n) is 4.96. The molecule has 0 atom stereocenters. The topological polar surface area (TPSA) is 132 Å². The van der Waals surface area contributed by atoms with Crippen LogP contribution in [0.15, 0.2) is 17.0 Å². The van der Waals surface area contributed by atoms with E-state index in [0.717, 1.165) is 12.1 Å². The number of rotatable bonds is 4. The van der Waals surface area contributed by atoms with Crippen LogP contribution in [0.3, 0.4) is 0 Å². The molecule has 0 spiro atoms. The molecule has 0 heterocycles. The van der Waals surface area contributed by atoms with Gasteiger partial charge in [-0.1, -0.05) is 18.5 Å². The Bertz CT molecular complexity index is 647. The van der Waals surface area contributed by atoms with E-state index in [9.17, 15) is 23.3 Å². The Labute approximate surface area is 125 Å². The minimum atomic E-state index is -3.84. The molecule has 0 saturated heterocycles. The van der Waals surface area contributed by atoms with Crippen molar-refractivity contribution in [3.63, 3.8) is 0 Å². The summed E-state index contributed by atoms with van der Waals surface area (Å²) < 4.78 is 23.7. The minimum Gasteiger partial charge on any atom is -0.290 e. The van der Waals surface area contributed by atoms with E-state index in [2.05, 4.69) is 0 Å². The Morgan fingerprint density at radius 2 is 2.05 bits per heavy atom. The Hall–Kier alpha value is -1.42.